The average molecular weight is 194 g/mol. The summed E-state index contributed by atoms with van der Waals surface area (Å²) in [6.45, 7) is 3.81. The standard InChI is InChI=1S/C11H18N2O/c1-3-9(7-12)11(14)10-5-4-6-13(2)8-10/h9-10H,3-6,8H2,1-2H3. The van der Waals surface area contributed by atoms with E-state index >= 15 is 0 Å². The molecule has 78 valence electrons. The molecule has 0 aromatic heterocycles. The van der Waals surface area contributed by atoms with Crippen molar-refractivity contribution in [3.05, 3.63) is 0 Å². The molecule has 0 N–H and O–H groups in total. The largest absolute Gasteiger partial charge is 0.306 e. The van der Waals surface area contributed by atoms with Crippen LogP contribution in [0, 0.1) is 23.2 Å². The van der Waals surface area contributed by atoms with Crippen LogP contribution < -0.4 is 0 Å². The molecule has 0 aliphatic carbocycles. The molecule has 14 heavy (non-hydrogen) atoms. The van der Waals surface area contributed by atoms with E-state index in [9.17, 15) is 4.79 Å². The van der Waals surface area contributed by atoms with Gasteiger partial charge in [-0.05, 0) is 32.9 Å². The van der Waals surface area contributed by atoms with Gasteiger partial charge in [-0.25, -0.2) is 0 Å². The molecule has 0 bridgehead atoms. The minimum Gasteiger partial charge on any atom is -0.306 e. The Bertz CT molecular complexity index is 244. The van der Waals surface area contributed by atoms with Crippen LogP contribution in [-0.2, 0) is 4.79 Å². The van der Waals surface area contributed by atoms with E-state index in [-0.39, 0.29) is 17.6 Å². The summed E-state index contributed by atoms with van der Waals surface area (Å²) in [6, 6.07) is 2.10. The van der Waals surface area contributed by atoms with E-state index < -0.39 is 0 Å². The highest BCUT2D eigenvalue weighted by molar-refractivity contribution is 5.85. The number of carbonyl (C=O) groups is 1. The SMILES string of the molecule is CCC(C#N)C(=O)C1CCCN(C)C1. The third-order valence-electron chi connectivity index (χ3n) is 2.93. The summed E-state index contributed by atoms with van der Waals surface area (Å²) in [7, 11) is 2.03. The van der Waals surface area contributed by atoms with Crippen molar-refractivity contribution in [1.29, 1.82) is 5.26 Å². The molecule has 3 nitrogen and oxygen atoms in total. The van der Waals surface area contributed by atoms with Crippen LogP contribution in [0.4, 0.5) is 0 Å². The molecule has 1 saturated heterocycles. The topological polar surface area (TPSA) is 44.1 Å². The molecular formula is C11H18N2O. The van der Waals surface area contributed by atoms with E-state index in [4.69, 9.17) is 5.26 Å². The van der Waals surface area contributed by atoms with Gasteiger partial charge in [-0.3, -0.25) is 4.79 Å². The Morgan fingerprint density at radius 1 is 1.71 bits per heavy atom. The Morgan fingerprint density at radius 3 is 2.93 bits per heavy atom. The van der Waals surface area contributed by atoms with Gasteiger partial charge in [-0.15, -0.1) is 0 Å². The number of ketones is 1. The normalized spacial score (nSPS) is 25.4. The molecule has 1 rings (SSSR count). The number of hydrogen-bond acceptors (Lipinski definition) is 3. The van der Waals surface area contributed by atoms with Gasteiger partial charge in [0.05, 0.1) is 6.07 Å². The number of hydrogen-bond donors (Lipinski definition) is 0. The fourth-order valence-corrected chi connectivity index (χ4v) is 2.04. The molecule has 0 spiro atoms. The molecule has 3 heteroatoms. The van der Waals surface area contributed by atoms with E-state index in [2.05, 4.69) is 11.0 Å². The molecule has 1 aliphatic heterocycles. The van der Waals surface area contributed by atoms with E-state index in [0.717, 1.165) is 25.9 Å². The zero-order valence-corrected chi connectivity index (χ0v) is 8.99. The number of rotatable bonds is 3. The highest BCUT2D eigenvalue weighted by Gasteiger charge is 2.28. The highest BCUT2D eigenvalue weighted by atomic mass is 16.1. The van der Waals surface area contributed by atoms with E-state index in [1.54, 1.807) is 0 Å². The van der Waals surface area contributed by atoms with Crippen LogP contribution in [-0.4, -0.2) is 30.8 Å². The first-order valence-electron chi connectivity index (χ1n) is 5.31. The van der Waals surface area contributed by atoms with Crippen LogP contribution in [0.5, 0.6) is 0 Å². The van der Waals surface area contributed by atoms with Gasteiger partial charge in [0.15, 0.2) is 5.78 Å². The number of piperidine rings is 1. The molecule has 0 aromatic rings. The second-order valence-electron chi connectivity index (χ2n) is 4.09. The lowest BCUT2D eigenvalue weighted by atomic mass is 9.86. The minimum absolute atomic E-state index is 0.0957. The Morgan fingerprint density at radius 2 is 2.43 bits per heavy atom. The molecule has 1 heterocycles. The van der Waals surface area contributed by atoms with E-state index in [0.29, 0.717) is 6.42 Å². The highest BCUT2D eigenvalue weighted by Crippen LogP contribution is 2.20. The van der Waals surface area contributed by atoms with Crippen molar-refractivity contribution in [1.82, 2.24) is 4.90 Å². The van der Waals surface area contributed by atoms with Gasteiger partial charge in [0.25, 0.3) is 0 Å². The third kappa shape index (κ3) is 2.55. The van der Waals surface area contributed by atoms with Crippen LogP contribution >= 0.6 is 0 Å². The maximum Gasteiger partial charge on any atom is 0.154 e. The molecule has 2 unspecified atom stereocenters. The Labute approximate surface area is 85.7 Å². The number of likely N-dealkylation sites (tertiary alicyclic amines) is 1. The van der Waals surface area contributed by atoms with Crippen molar-refractivity contribution in [2.75, 3.05) is 20.1 Å². The monoisotopic (exact) mass is 194 g/mol. The van der Waals surface area contributed by atoms with Crippen LogP contribution in [0.3, 0.4) is 0 Å². The zero-order chi connectivity index (χ0) is 10.6. The maximum absolute atomic E-state index is 11.9. The molecule has 0 saturated carbocycles. The van der Waals surface area contributed by atoms with Crippen molar-refractivity contribution in [2.24, 2.45) is 11.8 Å². The van der Waals surface area contributed by atoms with Crippen LogP contribution in [0.1, 0.15) is 26.2 Å². The van der Waals surface area contributed by atoms with Crippen LogP contribution in [0.2, 0.25) is 0 Å². The molecule has 1 aliphatic rings. The Hall–Kier alpha value is -0.880. The molecule has 2 atom stereocenters. The van der Waals surface area contributed by atoms with Gasteiger partial charge in [0, 0.05) is 12.5 Å². The molecular weight excluding hydrogens is 176 g/mol. The van der Waals surface area contributed by atoms with Crippen molar-refractivity contribution >= 4 is 5.78 Å². The lowest BCUT2D eigenvalue weighted by molar-refractivity contribution is -0.126. The van der Waals surface area contributed by atoms with E-state index in [1.165, 1.54) is 0 Å². The molecule has 1 fully saturated rings. The van der Waals surface area contributed by atoms with Crippen molar-refractivity contribution in [3.8, 4) is 6.07 Å². The van der Waals surface area contributed by atoms with Crippen molar-refractivity contribution in [3.63, 3.8) is 0 Å². The average Bonchev–Trinajstić information content (AvgIpc) is 2.19. The van der Waals surface area contributed by atoms with Gasteiger partial charge in [0.1, 0.15) is 5.92 Å². The van der Waals surface area contributed by atoms with Crippen LogP contribution in [0.25, 0.3) is 0 Å². The first-order valence-corrected chi connectivity index (χ1v) is 5.31. The summed E-state index contributed by atoms with van der Waals surface area (Å²) >= 11 is 0. The third-order valence-corrected chi connectivity index (χ3v) is 2.93. The fourth-order valence-electron chi connectivity index (χ4n) is 2.04. The molecule has 0 radical (unpaired) electrons. The summed E-state index contributed by atoms with van der Waals surface area (Å²) in [6.07, 6.45) is 2.69. The maximum atomic E-state index is 11.9. The van der Waals surface area contributed by atoms with E-state index in [1.807, 2.05) is 14.0 Å². The smallest absolute Gasteiger partial charge is 0.154 e. The lowest BCUT2D eigenvalue weighted by Gasteiger charge is -2.29. The van der Waals surface area contributed by atoms with Gasteiger partial charge in [-0.2, -0.15) is 5.26 Å². The number of Topliss-reactive ketones (excluding diaryl/α,β-unsaturated/α-hetero) is 1. The van der Waals surface area contributed by atoms with Crippen LogP contribution in [0.15, 0.2) is 0 Å². The molecule has 0 amide bonds. The predicted molar refractivity (Wildman–Crippen MR) is 54.6 cm³/mol. The Kier molecular flexibility index (Phi) is 4.09. The summed E-state index contributed by atoms with van der Waals surface area (Å²) < 4.78 is 0. The van der Waals surface area contributed by atoms with Crippen molar-refractivity contribution in [2.45, 2.75) is 26.2 Å². The van der Waals surface area contributed by atoms with Gasteiger partial charge in [-0.1, -0.05) is 6.92 Å². The van der Waals surface area contributed by atoms with Gasteiger partial charge in [0.2, 0.25) is 0 Å². The minimum atomic E-state index is -0.383. The molecule has 0 aromatic carbocycles. The predicted octanol–water partition coefficient (Wildman–Crippen LogP) is 1.45. The van der Waals surface area contributed by atoms with Gasteiger partial charge < -0.3 is 4.90 Å². The zero-order valence-electron chi connectivity index (χ0n) is 8.99. The summed E-state index contributed by atoms with van der Waals surface area (Å²) in [5, 5.41) is 8.81. The number of carbonyl (C=O) groups excluding carboxylic acids is 1. The Balaban J connectivity index is 2.55. The van der Waals surface area contributed by atoms with Gasteiger partial charge >= 0.3 is 0 Å². The summed E-state index contributed by atoms with van der Waals surface area (Å²) in [5.41, 5.74) is 0. The fraction of sp³-hybridized carbons (Fsp3) is 0.818. The lowest BCUT2D eigenvalue weighted by Crippen LogP contribution is -2.38. The second-order valence-corrected chi connectivity index (χ2v) is 4.09. The van der Waals surface area contributed by atoms with Crippen molar-refractivity contribution < 1.29 is 4.79 Å². The summed E-state index contributed by atoms with van der Waals surface area (Å²) in [4.78, 5) is 14.0. The first-order chi connectivity index (χ1) is 6.69. The first kappa shape index (κ1) is 11.2. The second kappa shape index (κ2) is 5.11. The quantitative estimate of drug-likeness (QED) is 0.683. The number of nitriles is 1. The summed E-state index contributed by atoms with van der Waals surface area (Å²) in [5.74, 6) is -0.133. The number of nitrogens with zero attached hydrogens (tertiary/aromatic N) is 2.